The van der Waals surface area contributed by atoms with Crippen LogP contribution in [0.5, 0.6) is 0 Å². The summed E-state index contributed by atoms with van der Waals surface area (Å²) >= 11 is 6.25. The second-order valence-corrected chi connectivity index (χ2v) is 7.26. The third kappa shape index (κ3) is 4.43. The average molecular weight is 334 g/mol. The number of allylic oxidation sites excluding steroid dienone is 2. The van der Waals surface area contributed by atoms with Gasteiger partial charge in [-0.15, -0.1) is 0 Å². The average Bonchev–Trinajstić information content (AvgIpc) is 3.00. The SMILES string of the molecule is C/C(=C\CC(C(O)C(C)(C)C)n1cncn1)c1ccccc1Cl. The topological polar surface area (TPSA) is 50.9 Å². The number of nitrogens with zero attached hydrogens (tertiary/aromatic N) is 3. The third-order valence-electron chi connectivity index (χ3n) is 3.99. The summed E-state index contributed by atoms with van der Waals surface area (Å²) in [4.78, 5) is 4.01. The highest BCUT2D eigenvalue weighted by Crippen LogP contribution is 2.32. The molecule has 124 valence electrons. The minimum Gasteiger partial charge on any atom is -0.390 e. The first-order chi connectivity index (χ1) is 10.8. The van der Waals surface area contributed by atoms with E-state index < -0.39 is 6.10 Å². The van der Waals surface area contributed by atoms with E-state index in [1.165, 1.54) is 6.33 Å². The summed E-state index contributed by atoms with van der Waals surface area (Å²) in [5.74, 6) is 0. The fraction of sp³-hybridized carbons (Fsp3) is 0.444. The fourth-order valence-electron chi connectivity index (χ4n) is 2.54. The van der Waals surface area contributed by atoms with Crippen LogP contribution in [0.4, 0.5) is 0 Å². The molecule has 0 saturated heterocycles. The lowest BCUT2D eigenvalue weighted by molar-refractivity contribution is 0.0134. The molecule has 1 aromatic heterocycles. The van der Waals surface area contributed by atoms with Gasteiger partial charge in [0.2, 0.25) is 0 Å². The van der Waals surface area contributed by atoms with Gasteiger partial charge < -0.3 is 5.11 Å². The van der Waals surface area contributed by atoms with Gasteiger partial charge in [-0.25, -0.2) is 9.67 Å². The van der Waals surface area contributed by atoms with E-state index in [9.17, 15) is 5.11 Å². The third-order valence-corrected chi connectivity index (χ3v) is 4.32. The van der Waals surface area contributed by atoms with Crippen LogP contribution in [0.2, 0.25) is 5.02 Å². The smallest absolute Gasteiger partial charge is 0.137 e. The van der Waals surface area contributed by atoms with Crippen LogP contribution in [0, 0.1) is 5.41 Å². The molecule has 2 rings (SSSR count). The van der Waals surface area contributed by atoms with Gasteiger partial charge in [-0.2, -0.15) is 5.10 Å². The van der Waals surface area contributed by atoms with Gasteiger partial charge in [-0.3, -0.25) is 0 Å². The summed E-state index contributed by atoms with van der Waals surface area (Å²) in [5, 5.41) is 15.7. The van der Waals surface area contributed by atoms with Crippen molar-refractivity contribution in [2.45, 2.75) is 46.3 Å². The predicted molar refractivity (Wildman–Crippen MR) is 94.2 cm³/mol. The molecule has 1 aromatic carbocycles. The Morgan fingerprint density at radius 3 is 2.61 bits per heavy atom. The largest absolute Gasteiger partial charge is 0.390 e. The highest BCUT2D eigenvalue weighted by molar-refractivity contribution is 6.32. The Bertz CT molecular complexity index is 659. The van der Waals surface area contributed by atoms with Crippen molar-refractivity contribution in [2.24, 2.45) is 5.41 Å². The van der Waals surface area contributed by atoms with Crippen molar-refractivity contribution in [1.29, 1.82) is 0 Å². The molecule has 0 amide bonds. The van der Waals surface area contributed by atoms with Crippen molar-refractivity contribution in [3.8, 4) is 0 Å². The quantitative estimate of drug-likeness (QED) is 0.883. The van der Waals surface area contributed by atoms with Crippen LogP contribution in [0.3, 0.4) is 0 Å². The summed E-state index contributed by atoms with van der Waals surface area (Å²) in [7, 11) is 0. The van der Waals surface area contributed by atoms with Crippen LogP contribution in [-0.4, -0.2) is 26.0 Å². The molecule has 0 radical (unpaired) electrons. The van der Waals surface area contributed by atoms with Crippen molar-refractivity contribution >= 4 is 17.2 Å². The molecule has 0 aliphatic rings. The molecule has 1 heterocycles. The predicted octanol–water partition coefficient (Wildman–Crippen LogP) is 4.37. The van der Waals surface area contributed by atoms with Crippen LogP contribution in [0.15, 0.2) is 43.0 Å². The number of aliphatic hydroxyl groups excluding tert-OH is 1. The number of hydrogen-bond donors (Lipinski definition) is 1. The summed E-state index contributed by atoms with van der Waals surface area (Å²) in [6.07, 6.45) is 5.35. The molecular formula is C18H24ClN3O. The molecule has 0 spiro atoms. The number of halogens is 1. The lowest BCUT2D eigenvalue weighted by Crippen LogP contribution is -2.35. The van der Waals surface area contributed by atoms with E-state index in [-0.39, 0.29) is 11.5 Å². The van der Waals surface area contributed by atoms with E-state index in [2.05, 4.69) is 16.2 Å². The molecule has 0 fully saturated rings. The summed E-state index contributed by atoms with van der Waals surface area (Å²) in [5.41, 5.74) is 1.85. The first kappa shape index (κ1) is 17.7. The van der Waals surface area contributed by atoms with Crippen molar-refractivity contribution in [3.05, 3.63) is 53.6 Å². The number of rotatable bonds is 5. The van der Waals surface area contributed by atoms with E-state index in [0.717, 1.165) is 16.2 Å². The maximum absolute atomic E-state index is 10.7. The maximum atomic E-state index is 10.7. The maximum Gasteiger partial charge on any atom is 0.137 e. The summed E-state index contributed by atoms with van der Waals surface area (Å²) < 4.78 is 1.73. The first-order valence-corrected chi connectivity index (χ1v) is 8.12. The van der Waals surface area contributed by atoms with Gasteiger partial charge in [-0.1, -0.05) is 56.6 Å². The molecule has 0 bridgehead atoms. The molecular weight excluding hydrogens is 310 g/mol. The van der Waals surface area contributed by atoms with Gasteiger partial charge in [0.05, 0.1) is 12.1 Å². The van der Waals surface area contributed by atoms with E-state index in [1.807, 2.05) is 52.0 Å². The standard InChI is InChI=1S/C18H24ClN3O/c1-13(14-7-5-6-8-15(14)19)9-10-16(17(23)18(2,3)4)22-12-20-11-21-22/h5-9,11-12,16-17,23H,10H2,1-4H3/b13-9+. The second-order valence-electron chi connectivity index (χ2n) is 6.86. The molecule has 0 aliphatic carbocycles. The molecule has 4 nitrogen and oxygen atoms in total. The Morgan fingerprint density at radius 1 is 1.35 bits per heavy atom. The fourth-order valence-corrected chi connectivity index (χ4v) is 2.82. The first-order valence-electron chi connectivity index (χ1n) is 7.74. The molecule has 23 heavy (non-hydrogen) atoms. The molecule has 5 heteroatoms. The zero-order valence-electron chi connectivity index (χ0n) is 14.1. The Labute approximate surface area is 142 Å². The summed E-state index contributed by atoms with van der Waals surface area (Å²) in [6, 6.07) is 7.60. The molecule has 0 saturated carbocycles. The highest BCUT2D eigenvalue weighted by atomic mass is 35.5. The monoisotopic (exact) mass is 333 g/mol. The van der Waals surface area contributed by atoms with Crippen LogP contribution in [-0.2, 0) is 0 Å². The lowest BCUT2D eigenvalue weighted by Gasteiger charge is -2.32. The van der Waals surface area contributed by atoms with Crippen LogP contribution < -0.4 is 0 Å². The zero-order valence-corrected chi connectivity index (χ0v) is 14.8. The van der Waals surface area contributed by atoms with Crippen LogP contribution in [0.1, 0.15) is 45.7 Å². The molecule has 1 N–H and O–H groups in total. The number of aromatic nitrogens is 3. The van der Waals surface area contributed by atoms with Crippen molar-refractivity contribution in [3.63, 3.8) is 0 Å². The Balaban J connectivity index is 2.25. The summed E-state index contributed by atoms with van der Waals surface area (Å²) in [6.45, 7) is 8.09. The Morgan fingerprint density at radius 2 is 2.04 bits per heavy atom. The van der Waals surface area contributed by atoms with Gasteiger partial charge in [0.15, 0.2) is 0 Å². The highest BCUT2D eigenvalue weighted by Gasteiger charge is 2.31. The van der Waals surface area contributed by atoms with Gasteiger partial charge in [0.1, 0.15) is 12.7 Å². The van der Waals surface area contributed by atoms with Crippen LogP contribution in [0.25, 0.3) is 5.57 Å². The Kier molecular flexibility index (Phi) is 5.60. The van der Waals surface area contributed by atoms with Gasteiger partial charge in [0.25, 0.3) is 0 Å². The van der Waals surface area contributed by atoms with Crippen molar-refractivity contribution in [1.82, 2.24) is 14.8 Å². The van der Waals surface area contributed by atoms with Crippen molar-refractivity contribution < 1.29 is 5.11 Å². The molecule has 2 unspecified atom stereocenters. The normalized spacial score (nSPS) is 15.5. The Hall–Kier alpha value is -1.65. The number of hydrogen-bond acceptors (Lipinski definition) is 3. The van der Waals surface area contributed by atoms with Gasteiger partial charge in [0, 0.05) is 5.02 Å². The van der Waals surface area contributed by atoms with Crippen LogP contribution >= 0.6 is 11.6 Å². The second kappa shape index (κ2) is 7.28. The minimum absolute atomic E-state index is 0.171. The van der Waals surface area contributed by atoms with Gasteiger partial charge in [-0.05, 0) is 36.0 Å². The number of aliphatic hydroxyl groups is 1. The van der Waals surface area contributed by atoms with E-state index in [4.69, 9.17) is 11.6 Å². The number of benzene rings is 1. The minimum atomic E-state index is -0.542. The molecule has 2 atom stereocenters. The van der Waals surface area contributed by atoms with E-state index in [1.54, 1.807) is 11.0 Å². The molecule has 0 aliphatic heterocycles. The zero-order chi connectivity index (χ0) is 17.0. The molecule has 2 aromatic rings. The lowest BCUT2D eigenvalue weighted by atomic mass is 9.83. The van der Waals surface area contributed by atoms with Crippen molar-refractivity contribution in [2.75, 3.05) is 0 Å². The van der Waals surface area contributed by atoms with E-state index in [0.29, 0.717) is 6.42 Å². The van der Waals surface area contributed by atoms with Gasteiger partial charge >= 0.3 is 0 Å². The van der Waals surface area contributed by atoms with E-state index >= 15 is 0 Å².